The molecule has 166 valence electrons. The molecule has 1 aliphatic carbocycles. The van der Waals surface area contributed by atoms with Crippen LogP contribution in [0.3, 0.4) is 0 Å². The number of benzene rings is 2. The summed E-state index contributed by atoms with van der Waals surface area (Å²) in [6.07, 6.45) is 2.15. The van der Waals surface area contributed by atoms with Gasteiger partial charge in [-0.15, -0.1) is 0 Å². The van der Waals surface area contributed by atoms with Gasteiger partial charge in [0.1, 0.15) is 16.4 Å². The quantitative estimate of drug-likeness (QED) is 0.685. The number of carbonyl (C=O) groups is 1. The van der Waals surface area contributed by atoms with Gasteiger partial charge in [0.05, 0.1) is 7.11 Å². The Bertz CT molecular complexity index is 1070. The number of hydrogen-bond donors (Lipinski definition) is 0. The molecule has 0 N–H and O–H groups in total. The molecule has 0 bridgehead atoms. The van der Waals surface area contributed by atoms with E-state index in [0.29, 0.717) is 38.3 Å². The van der Waals surface area contributed by atoms with Crippen molar-refractivity contribution in [3.8, 4) is 5.75 Å². The Morgan fingerprint density at radius 3 is 2.39 bits per heavy atom. The second-order valence-electron chi connectivity index (χ2n) is 8.57. The van der Waals surface area contributed by atoms with E-state index in [4.69, 9.17) is 4.74 Å². The van der Waals surface area contributed by atoms with E-state index >= 15 is 0 Å². The molecule has 2 aromatic carbocycles. The first-order chi connectivity index (χ1) is 14.8. The molecule has 1 aliphatic heterocycles. The van der Waals surface area contributed by atoms with Crippen molar-refractivity contribution in [1.29, 1.82) is 0 Å². The summed E-state index contributed by atoms with van der Waals surface area (Å²) in [5, 5.41) is 0. The third-order valence-electron chi connectivity index (χ3n) is 6.42. The van der Waals surface area contributed by atoms with Crippen LogP contribution in [0.5, 0.6) is 5.75 Å². The number of ether oxygens (including phenoxy) is 1. The number of Topliss-reactive ketones (excluding diaryl/α,β-unsaturated/α-hetero) is 1. The number of carbonyl (C=O) groups excluding carboxylic acids is 1. The van der Waals surface area contributed by atoms with Crippen molar-refractivity contribution < 1.29 is 17.9 Å². The molecule has 1 unspecified atom stereocenters. The van der Waals surface area contributed by atoms with Crippen molar-refractivity contribution >= 4 is 21.5 Å². The molecule has 4 rings (SSSR count). The van der Waals surface area contributed by atoms with Gasteiger partial charge in [0.2, 0.25) is 10.0 Å². The molecule has 0 radical (unpaired) electrons. The number of hydrogen-bond acceptors (Lipinski definition) is 5. The number of aryl methyl sites for hydroxylation is 2. The second kappa shape index (κ2) is 8.63. The third kappa shape index (κ3) is 4.34. The second-order valence-corrected chi connectivity index (χ2v) is 10.5. The smallest absolute Gasteiger partial charge is 0.246 e. The van der Waals surface area contributed by atoms with E-state index < -0.39 is 10.0 Å². The van der Waals surface area contributed by atoms with E-state index in [1.807, 2.05) is 6.07 Å². The molecule has 31 heavy (non-hydrogen) atoms. The summed E-state index contributed by atoms with van der Waals surface area (Å²) in [5.41, 5.74) is 4.40. The van der Waals surface area contributed by atoms with E-state index in [1.165, 1.54) is 12.7 Å². The van der Waals surface area contributed by atoms with Gasteiger partial charge in [0.15, 0.2) is 0 Å². The summed E-state index contributed by atoms with van der Waals surface area (Å²) < 4.78 is 34.0. The zero-order valence-electron chi connectivity index (χ0n) is 18.4. The molecule has 6 nitrogen and oxygen atoms in total. The number of piperazine rings is 1. The molecule has 0 aromatic heterocycles. The maximum atomic E-state index is 13.5. The number of methoxy groups -OCH3 is 1. The average molecular weight is 443 g/mol. The molecule has 7 heteroatoms. The van der Waals surface area contributed by atoms with Crippen LogP contribution >= 0.6 is 0 Å². The van der Waals surface area contributed by atoms with Gasteiger partial charge in [-0.2, -0.15) is 4.31 Å². The summed E-state index contributed by atoms with van der Waals surface area (Å²) in [5.74, 6) is 0.673. The first-order valence-electron chi connectivity index (χ1n) is 10.8. The monoisotopic (exact) mass is 442 g/mol. The summed E-state index contributed by atoms with van der Waals surface area (Å²) in [6, 6.07) is 11.9. The number of ketones is 1. The summed E-state index contributed by atoms with van der Waals surface area (Å²) in [4.78, 5) is 14.1. The molecule has 1 heterocycles. The minimum absolute atomic E-state index is 0.149. The van der Waals surface area contributed by atoms with Gasteiger partial charge in [-0.05, 0) is 68.0 Å². The topological polar surface area (TPSA) is 66.9 Å². The minimum atomic E-state index is -3.66. The van der Waals surface area contributed by atoms with Crippen LogP contribution in [0.25, 0.3) is 0 Å². The Labute approximate surface area is 184 Å². The summed E-state index contributed by atoms with van der Waals surface area (Å²) in [6.45, 7) is 5.82. The van der Waals surface area contributed by atoms with Crippen molar-refractivity contribution in [3.63, 3.8) is 0 Å². The van der Waals surface area contributed by atoms with Gasteiger partial charge < -0.3 is 14.4 Å². The van der Waals surface area contributed by atoms with Gasteiger partial charge in [0.25, 0.3) is 0 Å². The summed E-state index contributed by atoms with van der Waals surface area (Å²) in [7, 11) is -2.16. The van der Waals surface area contributed by atoms with E-state index in [-0.39, 0.29) is 16.6 Å². The zero-order chi connectivity index (χ0) is 22.2. The highest BCUT2D eigenvalue weighted by molar-refractivity contribution is 7.89. The van der Waals surface area contributed by atoms with Crippen molar-refractivity contribution in [2.24, 2.45) is 0 Å². The molecular weight excluding hydrogens is 412 g/mol. The first kappa shape index (κ1) is 21.8. The normalized spacial score (nSPS) is 19.3. The van der Waals surface area contributed by atoms with Crippen molar-refractivity contribution in [2.45, 2.75) is 43.9 Å². The predicted molar refractivity (Wildman–Crippen MR) is 122 cm³/mol. The largest absolute Gasteiger partial charge is 0.495 e. The Balaban J connectivity index is 1.55. The lowest BCUT2D eigenvalue weighted by atomic mass is 9.96. The highest BCUT2D eigenvalue weighted by Gasteiger charge is 2.34. The summed E-state index contributed by atoms with van der Waals surface area (Å²) >= 11 is 0. The SMILES string of the molecule is COc1cc2c(cc1S(=O)(=O)N1CCN(c3ccc(C)cc3)CC1)CCC2CC(C)=O. The molecule has 0 amide bonds. The van der Waals surface area contributed by atoms with Crippen LogP contribution < -0.4 is 9.64 Å². The van der Waals surface area contributed by atoms with Gasteiger partial charge in [-0.25, -0.2) is 8.42 Å². The molecule has 1 fully saturated rings. The van der Waals surface area contributed by atoms with Crippen LogP contribution in [0.4, 0.5) is 5.69 Å². The fourth-order valence-electron chi connectivity index (χ4n) is 4.70. The lowest BCUT2D eigenvalue weighted by Crippen LogP contribution is -2.48. The van der Waals surface area contributed by atoms with Gasteiger partial charge in [-0.3, -0.25) is 0 Å². The molecule has 2 aromatic rings. The van der Waals surface area contributed by atoms with Gasteiger partial charge in [-0.1, -0.05) is 17.7 Å². The highest BCUT2D eigenvalue weighted by Crippen LogP contribution is 2.41. The van der Waals surface area contributed by atoms with Crippen molar-refractivity contribution in [1.82, 2.24) is 4.31 Å². The van der Waals surface area contributed by atoms with Crippen molar-refractivity contribution in [3.05, 3.63) is 53.1 Å². The lowest BCUT2D eigenvalue weighted by Gasteiger charge is -2.35. The average Bonchev–Trinajstić information content (AvgIpc) is 3.14. The fourth-order valence-corrected chi connectivity index (χ4v) is 6.31. The number of sulfonamides is 1. The molecule has 1 atom stereocenters. The van der Waals surface area contributed by atoms with E-state index in [0.717, 1.165) is 29.7 Å². The Hall–Kier alpha value is -2.38. The van der Waals surface area contributed by atoms with Crippen molar-refractivity contribution in [2.75, 3.05) is 38.2 Å². The number of nitrogens with zero attached hydrogens (tertiary/aromatic N) is 2. The maximum Gasteiger partial charge on any atom is 0.246 e. The van der Waals surface area contributed by atoms with Crippen LogP contribution in [0.15, 0.2) is 41.3 Å². The lowest BCUT2D eigenvalue weighted by molar-refractivity contribution is -0.117. The van der Waals surface area contributed by atoms with Gasteiger partial charge >= 0.3 is 0 Å². The first-order valence-corrected chi connectivity index (χ1v) is 12.3. The standard InChI is InChI=1S/C24H30N2O4S/c1-17-4-8-21(9-5-17)25-10-12-26(13-11-25)31(28,29)24-15-20-7-6-19(14-18(2)27)22(20)16-23(24)30-3/h4-5,8-9,15-16,19H,6-7,10-14H2,1-3H3. The Morgan fingerprint density at radius 2 is 1.77 bits per heavy atom. The van der Waals surface area contributed by atoms with E-state index in [2.05, 4.69) is 36.1 Å². The third-order valence-corrected chi connectivity index (χ3v) is 8.34. The molecule has 0 spiro atoms. The van der Waals surface area contributed by atoms with E-state index in [9.17, 15) is 13.2 Å². The number of rotatable bonds is 6. The molecule has 1 saturated heterocycles. The number of anilines is 1. The van der Waals surface area contributed by atoms with Crippen LogP contribution in [-0.2, 0) is 21.2 Å². The zero-order valence-corrected chi connectivity index (χ0v) is 19.2. The predicted octanol–water partition coefficient (Wildman–Crippen LogP) is 3.52. The Morgan fingerprint density at radius 1 is 1.10 bits per heavy atom. The van der Waals surface area contributed by atoms with Gasteiger partial charge in [0, 0.05) is 38.3 Å². The van der Waals surface area contributed by atoms with E-state index in [1.54, 1.807) is 17.3 Å². The fraction of sp³-hybridized carbons (Fsp3) is 0.458. The van der Waals surface area contributed by atoms with Crippen LogP contribution in [0.1, 0.15) is 42.4 Å². The van der Waals surface area contributed by atoms with Crippen LogP contribution in [-0.4, -0.2) is 51.8 Å². The maximum absolute atomic E-state index is 13.5. The highest BCUT2D eigenvalue weighted by atomic mass is 32.2. The molecule has 2 aliphatic rings. The van der Waals surface area contributed by atoms with Crippen LogP contribution in [0.2, 0.25) is 0 Å². The molecular formula is C24H30N2O4S. The van der Waals surface area contributed by atoms with Crippen LogP contribution in [0, 0.1) is 6.92 Å². The minimum Gasteiger partial charge on any atom is -0.495 e. The Kier molecular flexibility index (Phi) is 6.08. The number of fused-ring (bicyclic) bond motifs is 1. The molecule has 0 saturated carbocycles.